The molecule has 0 saturated heterocycles. The molecule has 0 heterocycles. The van der Waals surface area contributed by atoms with E-state index in [9.17, 15) is 10.1 Å². The molecule has 5 heteroatoms. The smallest absolute Gasteiger partial charge is 0.273 e. The van der Waals surface area contributed by atoms with E-state index in [1.807, 2.05) is 0 Å². The van der Waals surface area contributed by atoms with Gasteiger partial charge in [-0.15, -0.1) is 0 Å². The summed E-state index contributed by atoms with van der Waals surface area (Å²) in [7, 11) is 0. The van der Waals surface area contributed by atoms with Crippen molar-refractivity contribution in [1.29, 1.82) is 0 Å². The maximum Gasteiger partial charge on any atom is 0.273 e. The van der Waals surface area contributed by atoms with Gasteiger partial charge in [0.05, 0.1) is 16.5 Å². The van der Waals surface area contributed by atoms with Gasteiger partial charge in [0, 0.05) is 6.07 Å². The zero-order valence-corrected chi connectivity index (χ0v) is 9.59. The van der Waals surface area contributed by atoms with Crippen LogP contribution in [0.15, 0.2) is 24.3 Å². The molecular formula is C12H16N2O3. The van der Waals surface area contributed by atoms with E-state index in [-0.39, 0.29) is 11.2 Å². The van der Waals surface area contributed by atoms with E-state index >= 15 is 0 Å². The van der Waals surface area contributed by atoms with Crippen molar-refractivity contribution in [2.45, 2.75) is 31.2 Å². The summed E-state index contributed by atoms with van der Waals surface area (Å²) in [4.78, 5) is 10.2. The van der Waals surface area contributed by atoms with Gasteiger partial charge in [0.15, 0.2) is 0 Å². The summed E-state index contributed by atoms with van der Waals surface area (Å²) in [6, 6.07) is 6.20. The van der Waals surface area contributed by atoms with E-state index < -0.39 is 4.92 Å². The van der Waals surface area contributed by atoms with E-state index in [4.69, 9.17) is 10.5 Å². The Bertz CT molecular complexity index is 414. The predicted octanol–water partition coefficient (Wildman–Crippen LogP) is 2.25. The Morgan fingerprint density at radius 1 is 1.41 bits per heavy atom. The number of nitrogens with zero attached hydrogens (tertiary/aromatic N) is 1. The molecule has 1 aliphatic rings. The molecule has 2 rings (SSSR count). The molecule has 0 radical (unpaired) electrons. The van der Waals surface area contributed by atoms with E-state index in [0.29, 0.717) is 12.4 Å². The normalized spacial score (nSPS) is 17.9. The zero-order chi connectivity index (χ0) is 12.3. The molecular weight excluding hydrogens is 220 g/mol. The summed E-state index contributed by atoms with van der Waals surface area (Å²) >= 11 is 0. The minimum absolute atomic E-state index is 0.0417. The van der Waals surface area contributed by atoms with Gasteiger partial charge in [-0.2, -0.15) is 0 Å². The van der Waals surface area contributed by atoms with Crippen LogP contribution in [-0.2, 0) is 0 Å². The molecule has 92 valence electrons. The van der Waals surface area contributed by atoms with Crippen LogP contribution in [0.5, 0.6) is 5.75 Å². The summed E-state index contributed by atoms with van der Waals surface area (Å²) in [5.41, 5.74) is 5.93. The average Bonchev–Trinajstić information content (AvgIpc) is 2.75. The fourth-order valence-corrected chi connectivity index (χ4v) is 2.14. The first-order valence-electron chi connectivity index (χ1n) is 5.75. The van der Waals surface area contributed by atoms with Crippen LogP contribution in [0.25, 0.3) is 0 Å². The number of ether oxygens (including phenoxy) is 1. The first kappa shape index (κ1) is 11.9. The molecule has 0 aromatic heterocycles. The van der Waals surface area contributed by atoms with Crippen molar-refractivity contribution >= 4 is 5.69 Å². The molecule has 0 spiro atoms. The van der Waals surface area contributed by atoms with Crippen LogP contribution in [0.3, 0.4) is 0 Å². The lowest BCUT2D eigenvalue weighted by molar-refractivity contribution is -0.384. The summed E-state index contributed by atoms with van der Waals surface area (Å²) < 4.78 is 5.55. The number of hydrogen-bond acceptors (Lipinski definition) is 4. The van der Waals surface area contributed by atoms with Gasteiger partial charge in [0.25, 0.3) is 5.69 Å². The largest absolute Gasteiger partial charge is 0.491 e. The minimum Gasteiger partial charge on any atom is -0.491 e. The van der Waals surface area contributed by atoms with Gasteiger partial charge in [-0.3, -0.25) is 10.1 Å². The summed E-state index contributed by atoms with van der Waals surface area (Å²) in [6.07, 6.45) is 4.19. The molecule has 1 aliphatic carbocycles. The second-order valence-electron chi connectivity index (χ2n) is 4.61. The lowest BCUT2D eigenvalue weighted by Gasteiger charge is -2.23. The fraction of sp³-hybridized carbons (Fsp3) is 0.500. The first-order valence-corrected chi connectivity index (χ1v) is 5.75. The zero-order valence-electron chi connectivity index (χ0n) is 9.59. The Morgan fingerprint density at radius 3 is 2.76 bits per heavy atom. The van der Waals surface area contributed by atoms with Crippen molar-refractivity contribution < 1.29 is 9.66 Å². The second kappa shape index (κ2) is 4.71. The number of non-ortho nitro benzene ring substituents is 1. The van der Waals surface area contributed by atoms with Crippen molar-refractivity contribution in [3.63, 3.8) is 0 Å². The topological polar surface area (TPSA) is 78.4 Å². The highest BCUT2D eigenvalue weighted by molar-refractivity contribution is 5.38. The van der Waals surface area contributed by atoms with Gasteiger partial charge in [-0.1, -0.05) is 18.9 Å². The maximum absolute atomic E-state index is 10.6. The molecule has 1 saturated carbocycles. The van der Waals surface area contributed by atoms with Gasteiger partial charge < -0.3 is 10.5 Å². The molecule has 2 N–H and O–H groups in total. The van der Waals surface area contributed by atoms with Crippen molar-refractivity contribution in [2.24, 2.45) is 5.73 Å². The van der Waals surface area contributed by atoms with Gasteiger partial charge in [0.2, 0.25) is 0 Å². The van der Waals surface area contributed by atoms with Gasteiger partial charge in [0.1, 0.15) is 12.4 Å². The molecule has 1 fully saturated rings. The van der Waals surface area contributed by atoms with Crippen molar-refractivity contribution in [3.05, 3.63) is 34.4 Å². The minimum atomic E-state index is -0.430. The maximum atomic E-state index is 10.6. The van der Waals surface area contributed by atoms with E-state index in [1.54, 1.807) is 12.1 Å². The Labute approximate surface area is 99.7 Å². The number of rotatable bonds is 4. The summed E-state index contributed by atoms with van der Waals surface area (Å²) in [5.74, 6) is 0.510. The van der Waals surface area contributed by atoms with E-state index in [2.05, 4.69) is 0 Å². The number of nitro benzene ring substituents is 1. The highest BCUT2D eigenvalue weighted by atomic mass is 16.6. The highest BCUT2D eigenvalue weighted by Gasteiger charge is 2.30. The molecule has 0 aliphatic heterocycles. The Balaban J connectivity index is 1.99. The van der Waals surface area contributed by atoms with Gasteiger partial charge >= 0.3 is 0 Å². The number of nitro groups is 1. The highest BCUT2D eigenvalue weighted by Crippen LogP contribution is 2.28. The Hall–Kier alpha value is -1.62. The van der Waals surface area contributed by atoms with Crippen LogP contribution in [0.1, 0.15) is 25.7 Å². The third-order valence-electron chi connectivity index (χ3n) is 3.15. The monoisotopic (exact) mass is 236 g/mol. The SMILES string of the molecule is NC1(COc2cccc([N+](=O)[O-])c2)CCCC1. The molecule has 0 amide bonds. The summed E-state index contributed by atoms with van der Waals surface area (Å²) in [6.45, 7) is 0.425. The van der Waals surface area contributed by atoms with Crippen LogP contribution in [0, 0.1) is 10.1 Å². The van der Waals surface area contributed by atoms with Crippen LogP contribution in [0.4, 0.5) is 5.69 Å². The average molecular weight is 236 g/mol. The second-order valence-corrected chi connectivity index (χ2v) is 4.61. The molecule has 0 bridgehead atoms. The first-order chi connectivity index (χ1) is 8.09. The van der Waals surface area contributed by atoms with Crippen molar-refractivity contribution in [2.75, 3.05) is 6.61 Å². The van der Waals surface area contributed by atoms with E-state index in [0.717, 1.165) is 25.7 Å². The van der Waals surface area contributed by atoms with Crippen LogP contribution in [-0.4, -0.2) is 17.1 Å². The molecule has 0 unspecified atom stereocenters. The summed E-state index contributed by atoms with van der Waals surface area (Å²) in [5, 5.41) is 10.6. The van der Waals surface area contributed by atoms with Gasteiger partial charge in [-0.05, 0) is 18.9 Å². The van der Waals surface area contributed by atoms with Crippen molar-refractivity contribution in [3.8, 4) is 5.75 Å². The molecule has 5 nitrogen and oxygen atoms in total. The van der Waals surface area contributed by atoms with Gasteiger partial charge in [-0.25, -0.2) is 0 Å². The predicted molar refractivity (Wildman–Crippen MR) is 64.0 cm³/mol. The quantitative estimate of drug-likeness (QED) is 0.642. The third-order valence-corrected chi connectivity index (χ3v) is 3.15. The van der Waals surface area contributed by atoms with E-state index in [1.165, 1.54) is 12.1 Å². The molecule has 1 aromatic carbocycles. The Kier molecular flexibility index (Phi) is 3.28. The Morgan fingerprint density at radius 2 is 2.12 bits per heavy atom. The van der Waals surface area contributed by atoms with Crippen molar-refractivity contribution in [1.82, 2.24) is 0 Å². The standard InChI is InChI=1S/C12H16N2O3/c13-12(6-1-2-7-12)9-17-11-5-3-4-10(8-11)14(15)16/h3-5,8H,1-2,6-7,9,13H2. The molecule has 17 heavy (non-hydrogen) atoms. The number of nitrogens with two attached hydrogens (primary N) is 1. The third kappa shape index (κ3) is 2.94. The molecule has 0 atom stereocenters. The van der Waals surface area contributed by atoms with Crippen LogP contribution >= 0.6 is 0 Å². The lowest BCUT2D eigenvalue weighted by atomic mass is 10.0. The molecule has 1 aromatic rings. The lowest BCUT2D eigenvalue weighted by Crippen LogP contribution is -2.42. The van der Waals surface area contributed by atoms with Crippen LogP contribution < -0.4 is 10.5 Å². The number of hydrogen-bond donors (Lipinski definition) is 1. The number of benzene rings is 1. The van der Waals surface area contributed by atoms with Crippen LogP contribution in [0.2, 0.25) is 0 Å². The fourth-order valence-electron chi connectivity index (χ4n) is 2.14.